The molecule has 0 spiro atoms. The van der Waals surface area contributed by atoms with Crippen molar-refractivity contribution in [3.8, 4) is 0 Å². The Bertz CT molecular complexity index is 578. The van der Waals surface area contributed by atoms with Gasteiger partial charge < -0.3 is 0 Å². The second-order valence-corrected chi connectivity index (χ2v) is 5.84. The van der Waals surface area contributed by atoms with Crippen molar-refractivity contribution in [3.05, 3.63) is 50.7 Å². The fourth-order valence-electron chi connectivity index (χ4n) is 1.71. The zero-order valence-electron chi connectivity index (χ0n) is 9.86. The first-order chi connectivity index (χ1) is 8.56. The van der Waals surface area contributed by atoms with Gasteiger partial charge in [-0.3, -0.25) is 9.48 Å². The summed E-state index contributed by atoms with van der Waals surface area (Å²) >= 11 is 6.78. The standard InChI is InChI=1S/C13H12Br2N2O/c1-17-8-9(7-16-17)2-5-13(18)11-4-3-10(14)6-12(11)15/h3-4,6-8H,2,5H2,1H3. The second-order valence-electron chi connectivity index (χ2n) is 4.07. The number of benzene rings is 1. The summed E-state index contributed by atoms with van der Waals surface area (Å²) < 4.78 is 3.53. The summed E-state index contributed by atoms with van der Waals surface area (Å²) in [6.45, 7) is 0. The van der Waals surface area contributed by atoms with Gasteiger partial charge in [-0.1, -0.05) is 31.9 Å². The van der Waals surface area contributed by atoms with Crippen molar-refractivity contribution in [2.45, 2.75) is 12.8 Å². The molecule has 5 heteroatoms. The molecular formula is C13H12Br2N2O. The number of aryl methyl sites for hydroxylation is 2. The smallest absolute Gasteiger partial charge is 0.164 e. The van der Waals surface area contributed by atoms with E-state index >= 15 is 0 Å². The number of nitrogens with zero attached hydrogens (tertiary/aromatic N) is 2. The van der Waals surface area contributed by atoms with Gasteiger partial charge in [0.25, 0.3) is 0 Å². The topological polar surface area (TPSA) is 34.9 Å². The average Bonchev–Trinajstić information content (AvgIpc) is 2.72. The molecule has 0 aliphatic rings. The number of aromatic nitrogens is 2. The van der Waals surface area contributed by atoms with Crippen LogP contribution in [0.3, 0.4) is 0 Å². The van der Waals surface area contributed by atoms with Crippen LogP contribution in [0, 0.1) is 0 Å². The molecular weight excluding hydrogens is 360 g/mol. The van der Waals surface area contributed by atoms with E-state index in [0.29, 0.717) is 6.42 Å². The molecule has 1 aromatic heterocycles. The second kappa shape index (κ2) is 5.80. The Hall–Kier alpha value is -0.940. The highest BCUT2D eigenvalue weighted by molar-refractivity contribution is 9.11. The van der Waals surface area contributed by atoms with E-state index in [1.807, 2.05) is 31.4 Å². The Morgan fingerprint density at radius 3 is 2.78 bits per heavy atom. The summed E-state index contributed by atoms with van der Waals surface area (Å²) in [7, 11) is 1.87. The Kier molecular flexibility index (Phi) is 4.35. The molecule has 0 fully saturated rings. The van der Waals surface area contributed by atoms with Crippen molar-refractivity contribution >= 4 is 37.6 Å². The summed E-state index contributed by atoms with van der Waals surface area (Å²) in [4.78, 5) is 12.1. The van der Waals surface area contributed by atoms with E-state index in [-0.39, 0.29) is 5.78 Å². The van der Waals surface area contributed by atoms with Crippen LogP contribution in [0.2, 0.25) is 0 Å². The Morgan fingerprint density at radius 2 is 2.17 bits per heavy atom. The number of hydrogen-bond acceptors (Lipinski definition) is 2. The molecule has 0 amide bonds. The lowest BCUT2D eigenvalue weighted by molar-refractivity contribution is 0.0982. The van der Waals surface area contributed by atoms with Gasteiger partial charge in [-0.05, 0) is 30.2 Å². The van der Waals surface area contributed by atoms with Crippen LogP contribution in [0.5, 0.6) is 0 Å². The van der Waals surface area contributed by atoms with E-state index in [4.69, 9.17) is 0 Å². The van der Waals surface area contributed by atoms with E-state index < -0.39 is 0 Å². The van der Waals surface area contributed by atoms with Gasteiger partial charge in [0.15, 0.2) is 5.78 Å². The molecule has 0 atom stereocenters. The summed E-state index contributed by atoms with van der Waals surface area (Å²) in [5.74, 6) is 0.137. The molecule has 0 radical (unpaired) electrons. The number of carbonyl (C=O) groups is 1. The summed E-state index contributed by atoms with van der Waals surface area (Å²) in [6, 6.07) is 5.60. The zero-order chi connectivity index (χ0) is 13.1. The van der Waals surface area contributed by atoms with Gasteiger partial charge in [-0.15, -0.1) is 0 Å². The normalized spacial score (nSPS) is 10.6. The number of Topliss-reactive ketones (excluding diaryl/α,β-unsaturated/α-hetero) is 1. The molecule has 0 aliphatic carbocycles. The van der Waals surface area contributed by atoms with Gasteiger partial charge in [0.2, 0.25) is 0 Å². The Labute approximate surface area is 122 Å². The molecule has 0 saturated carbocycles. The first kappa shape index (κ1) is 13.5. The molecule has 1 aromatic carbocycles. The number of rotatable bonds is 4. The highest BCUT2D eigenvalue weighted by Gasteiger charge is 2.10. The third-order valence-corrected chi connectivity index (χ3v) is 3.78. The van der Waals surface area contributed by atoms with Crippen LogP contribution in [0.4, 0.5) is 0 Å². The van der Waals surface area contributed by atoms with Gasteiger partial charge in [0.05, 0.1) is 6.20 Å². The monoisotopic (exact) mass is 370 g/mol. The lowest BCUT2D eigenvalue weighted by Crippen LogP contribution is -2.02. The predicted octanol–water partition coefficient (Wildman–Crippen LogP) is 3.76. The highest BCUT2D eigenvalue weighted by atomic mass is 79.9. The first-order valence-corrected chi connectivity index (χ1v) is 7.10. The van der Waals surface area contributed by atoms with E-state index in [2.05, 4.69) is 37.0 Å². The van der Waals surface area contributed by atoms with Gasteiger partial charge >= 0.3 is 0 Å². The number of ketones is 1. The van der Waals surface area contributed by atoms with Crippen molar-refractivity contribution in [1.82, 2.24) is 9.78 Å². The molecule has 0 bridgehead atoms. The van der Waals surface area contributed by atoms with Crippen LogP contribution in [0.25, 0.3) is 0 Å². The summed E-state index contributed by atoms with van der Waals surface area (Å²) in [6.07, 6.45) is 4.94. The van der Waals surface area contributed by atoms with Crippen LogP contribution in [0.15, 0.2) is 39.5 Å². The zero-order valence-corrected chi connectivity index (χ0v) is 13.0. The Morgan fingerprint density at radius 1 is 1.39 bits per heavy atom. The molecule has 3 nitrogen and oxygen atoms in total. The first-order valence-electron chi connectivity index (χ1n) is 5.52. The number of carbonyl (C=O) groups excluding carboxylic acids is 1. The maximum atomic E-state index is 12.1. The van der Waals surface area contributed by atoms with Crippen molar-refractivity contribution in [2.24, 2.45) is 7.05 Å². The molecule has 0 N–H and O–H groups in total. The fraction of sp³-hybridized carbons (Fsp3) is 0.231. The highest BCUT2D eigenvalue weighted by Crippen LogP contribution is 2.23. The van der Waals surface area contributed by atoms with E-state index in [1.165, 1.54) is 0 Å². The summed E-state index contributed by atoms with van der Waals surface area (Å²) in [5.41, 5.74) is 1.81. The van der Waals surface area contributed by atoms with Crippen molar-refractivity contribution in [1.29, 1.82) is 0 Å². The van der Waals surface area contributed by atoms with Crippen LogP contribution in [-0.2, 0) is 13.5 Å². The van der Waals surface area contributed by atoms with E-state index in [0.717, 1.165) is 26.5 Å². The van der Waals surface area contributed by atoms with Crippen molar-refractivity contribution in [2.75, 3.05) is 0 Å². The quantitative estimate of drug-likeness (QED) is 0.767. The van der Waals surface area contributed by atoms with Crippen LogP contribution >= 0.6 is 31.9 Å². The predicted molar refractivity (Wildman–Crippen MR) is 77.7 cm³/mol. The molecule has 0 unspecified atom stereocenters. The molecule has 2 rings (SSSR count). The molecule has 94 valence electrons. The molecule has 18 heavy (non-hydrogen) atoms. The van der Waals surface area contributed by atoms with E-state index in [9.17, 15) is 4.79 Å². The minimum Gasteiger partial charge on any atom is -0.294 e. The SMILES string of the molecule is Cn1cc(CCC(=O)c2ccc(Br)cc2Br)cn1. The van der Waals surface area contributed by atoms with Gasteiger partial charge in [0.1, 0.15) is 0 Å². The average molecular weight is 372 g/mol. The third kappa shape index (κ3) is 3.29. The largest absolute Gasteiger partial charge is 0.294 e. The van der Waals surface area contributed by atoms with E-state index in [1.54, 1.807) is 10.9 Å². The fourth-order valence-corrected chi connectivity index (χ4v) is 2.98. The van der Waals surface area contributed by atoms with Crippen LogP contribution in [0.1, 0.15) is 22.3 Å². The van der Waals surface area contributed by atoms with Crippen molar-refractivity contribution in [3.63, 3.8) is 0 Å². The third-order valence-electron chi connectivity index (χ3n) is 2.63. The minimum atomic E-state index is 0.137. The molecule has 2 aromatic rings. The van der Waals surface area contributed by atoms with Crippen molar-refractivity contribution < 1.29 is 4.79 Å². The van der Waals surface area contributed by atoms with Gasteiger partial charge in [0, 0.05) is 34.2 Å². The van der Waals surface area contributed by atoms with Gasteiger partial charge in [-0.2, -0.15) is 5.10 Å². The minimum absolute atomic E-state index is 0.137. The lowest BCUT2D eigenvalue weighted by Gasteiger charge is -2.03. The maximum absolute atomic E-state index is 12.1. The van der Waals surface area contributed by atoms with Crippen LogP contribution < -0.4 is 0 Å². The Balaban J connectivity index is 2.03. The van der Waals surface area contributed by atoms with Crippen LogP contribution in [-0.4, -0.2) is 15.6 Å². The number of halogens is 2. The maximum Gasteiger partial charge on any atom is 0.164 e. The molecule has 0 saturated heterocycles. The summed E-state index contributed by atoms with van der Waals surface area (Å²) in [5, 5.41) is 4.09. The number of hydrogen-bond donors (Lipinski definition) is 0. The lowest BCUT2D eigenvalue weighted by atomic mass is 10.0. The molecule has 0 aliphatic heterocycles. The van der Waals surface area contributed by atoms with Gasteiger partial charge in [-0.25, -0.2) is 0 Å². The molecule has 1 heterocycles.